The zero-order valence-electron chi connectivity index (χ0n) is 15.1. The lowest BCUT2D eigenvalue weighted by atomic mass is 10.1. The summed E-state index contributed by atoms with van der Waals surface area (Å²) in [5, 5.41) is 0. The lowest BCUT2D eigenvalue weighted by Crippen LogP contribution is -2.43. The van der Waals surface area contributed by atoms with Gasteiger partial charge in [0.1, 0.15) is 11.6 Å². The van der Waals surface area contributed by atoms with E-state index in [4.69, 9.17) is 4.74 Å². The Balaban J connectivity index is 1.76. The third-order valence-electron chi connectivity index (χ3n) is 4.62. The first-order valence-corrected chi connectivity index (χ1v) is 10.6. The summed E-state index contributed by atoms with van der Waals surface area (Å²) >= 11 is 0. The van der Waals surface area contributed by atoms with Crippen molar-refractivity contribution in [1.29, 1.82) is 0 Å². The van der Waals surface area contributed by atoms with Crippen molar-refractivity contribution < 1.29 is 22.3 Å². The summed E-state index contributed by atoms with van der Waals surface area (Å²) in [5.41, 5.74) is 1.36. The van der Waals surface area contributed by atoms with Gasteiger partial charge in [0, 0.05) is 18.2 Å². The molecule has 1 amide bonds. The molecule has 1 heterocycles. The molecule has 0 aliphatic carbocycles. The molecule has 1 aliphatic heterocycles. The molecule has 1 saturated heterocycles. The fourth-order valence-corrected chi connectivity index (χ4v) is 4.92. The Hall–Kier alpha value is -2.41. The van der Waals surface area contributed by atoms with E-state index in [1.54, 1.807) is 24.3 Å². The molecule has 0 spiro atoms. The maximum absolute atomic E-state index is 14.1. The highest BCUT2D eigenvalue weighted by atomic mass is 32.2. The van der Waals surface area contributed by atoms with Gasteiger partial charge in [-0.05, 0) is 37.1 Å². The molecular weight excluding hydrogens is 369 g/mol. The number of benzene rings is 2. The summed E-state index contributed by atoms with van der Waals surface area (Å²) in [6, 6.07) is 13.0. The van der Waals surface area contributed by atoms with Gasteiger partial charge in [0.15, 0.2) is 16.4 Å². The van der Waals surface area contributed by atoms with Gasteiger partial charge in [0.05, 0.1) is 11.5 Å². The Kier molecular flexibility index (Phi) is 5.79. The van der Waals surface area contributed by atoms with Gasteiger partial charge < -0.3 is 9.64 Å². The van der Waals surface area contributed by atoms with Gasteiger partial charge in [-0.3, -0.25) is 4.79 Å². The minimum atomic E-state index is -3.18. The highest BCUT2D eigenvalue weighted by Crippen LogP contribution is 2.22. The standard InChI is InChI=1S/C20H22FNO4S/c1-15-5-4-7-18(11-15)26-13-20(23)22(17-9-10-27(24,25)14-17)12-16-6-2-3-8-19(16)21/h2-8,11,17H,9-10,12-14H2,1H3/t17-/m1/s1. The van der Waals surface area contributed by atoms with Crippen LogP contribution >= 0.6 is 0 Å². The summed E-state index contributed by atoms with van der Waals surface area (Å²) in [4.78, 5) is 14.2. The normalized spacial score (nSPS) is 18.2. The number of nitrogens with zero attached hydrogens (tertiary/aromatic N) is 1. The lowest BCUT2D eigenvalue weighted by Gasteiger charge is -2.28. The van der Waals surface area contributed by atoms with Gasteiger partial charge >= 0.3 is 0 Å². The average molecular weight is 391 g/mol. The van der Waals surface area contributed by atoms with Gasteiger partial charge in [0.25, 0.3) is 5.91 Å². The molecule has 0 saturated carbocycles. The number of hydrogen-bond acceptors (Lipinski definition) is 4. The van der Waals surface area contributed by atoms with Gasteiger partial charge in [0.2, 0.25) is 0 Å². The molecule has 1 atom stereocenters. The van der Waals surface area contributed by atoms with E-state index in [-0.39, 0.29) is 30.6 Å². The molecule has 3 rings (SSSR count). The summed E-state index contributed by atoms with van der Waals surface area (Å²) in [6.45, 7) is 1.71. The third kappa shape index (κ3) is 5.07. The molecule has 1 aliphatic rings. The molecule has 2 aromatic carbocycles. The Morgan fingerprint density at radius 3 is 2.67 bits per heavy atom. The van der Waals surface area contributed by atoms with Gasteiger partial charge in [-0.25, -0.2) is 12.8 Å². The summed E-state index contributed by atoms with van der Waals surface area (Å²) in [6.07, 6.45) is 0.354. The first-order chi connectivity index (χ1) is 12.8. The van der Waals surface area contributed by atoms with Crippen LogP contribution in [0.1, 0.15) is 17.5 Å². The second-order valence-electron chi connectivity index (χ2n) is 6.78. The molecule has 0 bridgehead atoms. The van der Waals surface area contributed by atoms with Crippen LogP contribution in [0, 0.1) is 12.7 Å². The molecule has 1 fully saturated rings. The van der Waals surface area contributed by atoms with E-state index in [2.05, 4.69) is 0 Å². The monoisotopic (exact) mass is 391 g/mol. The first kappa shape index (κ1) is 19.4. The van der Waals surface area contributed by atoms with Crippen LogP contribution in [0.15, 0.2) is 48.5 Å². The van der Waals surface area contributed by atoms with E-state index in [9.17, 15) is 17.6 Å². The summed E-state index contributed by atoms with van der Waals surface area (Å²) in [7, 11) is -3.18. The van der Waals surface area contributed by atoms with Crippen LogP contribution in [0.4, 0.5) is 4.39 Å². The SMILES string of the molecule is Cc1cccc(OCC(=O)N(Cc2ccccc2F)[C@@H]2CCS(=O)(=O)C2)c1. The number of halogens is 1. The van der Waals surface area contributed by atoms with Gasteiger partial charge in [-0.15, -0.1) is 0 Å². The quantitative estimate of drug-likeness (QED) is 0.760. The first-order valence-electron chi connectivity index (χ1n) is 8.77. The minimum Gasteiger partial charge on any atom is -0.484 e. The van der Waals surface area contributed by atoms with Crippen LogP contribution in [0.5, 0.6) is 5.75 Å². The number of sulfone groups is 1. The highest BCUT2D eigenvalue weighted by Gasteiger charge is 2.35. The fraction of sp³-hybridized carbons (Fsp3) is 0.350. The van der Waals surface area contributed by atoms with Crippen LogP contribution in [0.25, 0.3) is 0 Å². The molecule has 27 heavy (non-hydrogen) atoms. The van der Waals surface area contributed by atoms with E-state index >= 15 is 0 Å². The van der Waals surface area contributed by atoms with Crippen LogP contribution in [0.2, 0.25) is 0 Å². The number of carbonyl (C=O) groups excluding carboxylic acids is 1. The zero-order valence-corrected chi connectivity index (χ0v) is 15.9. The van der Waals surface area contributed by atoms with E-state index in [0.717, 1.165) is 5.56 Å². The smallest absolute Gasteiger partial charge is 0.261 e. The topological polar surface area (TPSA) is 63.7 Å². The number of hydrogen-bond donors (Lipinski definition) is 0. The van der Waals surface area contributed by atoms with Crippen LogP contribution in [-0.2, 0) is 21.2 Å². The molecule has 0 radical (unpaired) electrons. The number of carbonyl (C=O) groups is 1. The van der Waals surface area contributed by atoms with Crippen LogP contribution < -0.4 is 4.74 Å². The zero-order chi connectivity index (χ0) is 19.4. The van der Waals surface area contributed by atoms with Crippen LogP contribution in [0.3, 0.4) is 0 Å². The number of aryl methyl sites for hydroxylation is 1. The molecule has 5 nitrogen and oxygen atoms in total. The van der Waals surface area contributed by atoms with Crippen molar-refractivity contribution in [2.75, 3.05) is 18.1 Å². The molecule has 144 valence electrons. The van der Waals surface area contributed by atoms with E-state index in [0.29, 0.717) is 17.7 Å². The second kappa shape index (κ2) is 8.08. The minimum absolute atomic E-state index is 0.0167. The van der Waals surface area contributed by atoms with Crippen molar-refractivity contribution in [3.8, 4) is 5.75 Å². The van der Waals surface area contributed by atoms with Crippen molar-refractivity contribution in [1.82, 2.24) is 4.90 Å². The van der Waals surface area contributed by atoms with Crippen molar-refractivity contribution in [3.63, 3.8) is 0 Å². The maximum atomic E-state index is 14.1. The maximum Gasteiger partial charge on any atom is 0.261 e. The molecule has 0 aromatic heterocycles. The Morgan fingerprint density at radius 1 is 1.22 bits per heavy atom. The number of amides is 1. The molecular formula is C20H22FNO4S. The molecule has 2 aromatic rings. The summed E-state index contributed by atoms with van der Waals surface area (Å²) in [5.74, 6) is -0.277. The number of rotatable bonds is 6. The van der Waals surface area contributed by atoms with E-state index < -0.39 is 21.7 Å². The largest absolute Gasteiger partial charge is 0.484 e. The molecule has 0 unspecified atom stereocenters. The van der Waals surface area contributed by atoms with Gasteiger partial charge in [-0.2, -0.15) is 0 Å². The van der Waals surface area contributed by atoms with Crippen molar-refractivity contribution in [3.05, 3.63) is 65.5 Å². The summed E-state index contributed by atoms with van der Waals surface area (Å²) < 4.78 is 43.4. The van der Waals surface area contributed by atoms with Crippen molar-refractivity contribution in [2.45, 2.75) is 25.9 Å². The Labute approximate surface area is 158 Å². The predicted molar refractivity (Wildman–Crippen MR) is 101 cm³/mol. The number of ether oxygens (including phenoxy) is 1. The van der Waals surface area contributed by atoms with Crippen molar-refractivity contribution in [2.24, 2.45) is 0 Å². The van der Waals surface area contributed by atoms with Crippen molar-refractivity contribution >= 4 is 15.7 Å². The Morgan fingerprint density at radius 2 is 2.00 bits per heavy atom. The second-order valence-corrected chi connectivity index (χ2v) is 9.00. The fourth-order valence-electron chi connectivity index (χ4n) is 3.19. The van der Waals surface area contributed by atoms with E-state index in [1.165, 1.54) is 11.0 Å². The van der Waals surface area contributed by atoms with E-state index in [1.807, 2.05) is 25.1 Å². The predicted octanol–water partition coefficient (Wildman–Crippen LogP) is 2.73. The highest BCUT2D eigenvalue weighted by molar-refractivity contribution is 7.91. The lowest BCUT2D eigenvalue weighted by molar-refractivity contribution is -0.136. The van der Waals surface area contributed by atoms with Gasteiger partial charge in [-0.1, -0.05) is 30.3 Å². The average Bonchev–Trinajstić information content (AvgIpc) is 2.98. The molecule has 0 N–H and O–H groups in total. The third-order valence-corrected chi connectivity index (χ3v) is 6.37. The Bertz CT molecular complexity index is 929. The van der Waals surface area contributed by atoms with Crippen LogP contribution in [-0.4, -0.2) is 43.4 Å². The molecule has 7 heteroatoms.